The molecule has 0 unspecified atom stereocenters. The SMILES string of the molecule is C[C@H](Oc1ccc(C=Nn2c(C3CCCCC3)nc3ccccc3c2=O)cc1)C(=O)O. The molecule has 0 aliphatic heterocycles. The Morgan fingerprint density at radius 1 is 1.16 bits per heavy atom. The maximum atomic E-state index is 13.2. The van der Waals surface area contributed by atoms with Crippen molar-refractivity contribution in [2.24, 2.45) is 5.10 Å². The number of hydrogen-bond acceptors (Lipinski definition) is 5. The third kappa shape index (κ3) is 4.66. The molecule has 7 nitrogen and oxygen atoms in total. The van der Waals surface area contributed by atoms with E-state index in [0.717, 1.165) is 37.1 Å². The fourth-order valence-corrected chi connectivity index (χ4v) is 3.89. The molecule has 3 aromatic rings. The second-order valence-electron chi connectivity index (χ2n) is 7.85. The van der Waals surface area contributed by atoms with Gasteiger partial charge < -0.3 is 9.84 Å². The van der Waals surface area contributed by atoms with Gasteiger partial charge in [-0.2, -0.15) is 9.78 Å². The third-order valence-electron chi connectivity index (χ3n) is 5.61. The molecular weight excluding hydrogens is 394 g/mol. The summed E-state index contributed by atoms with van der Waals surface area (Å²) in [4.78, 5) is 28.9. The van der Waals surface area contributed by atoms with Crippen LogP contribution in [0.25, 0.3) is 10.9 Å². The quantitative estimate of drug-likeness (QED) is 0.605. The molecule has 1 aromatic heterocycles. The van der Waals surface area contributed by atoms with Crippen LogP contribution < -0.4 is 10.3 Å². The second-order valence-corrected chi connectivity index (χ2v) is 7.85. The van der Waals surface area contributed by atoms with Gasteiger partial charge in [-0.25, -0.2) is 9.78 Å². The van der Waals surface area contributed by atoms with Crippen LogP contribution in [0.15, 0.2) is 58.4 Å². The van der Waals surface area contributed by atoms with E-state index in [2.05, 4.69) is 5.10 Å². The van der Waals surface area contributed by atoms with Gasteiger partial charge >= 0.3 is 5.97 Å². The first kappa shape index (κ1) is 20.8. The lowest BCUT2D eigenvalue weighted by atomic mass is 9.88. The number of aromatic nitrogens is 2. The Bertz CT molecular complexity index is 1160. The molecule has 0 saturated heterocycles. The Kier molecular flexibility index (Phi) is 6.11. The molecule has 0 spiro atoms. The first-order valence-corrected chi connectivity index (χ1v) is 10.6. The minimum Gasteiger partial charge on any atom is -0.479 e. The highest BCUT2D eigenvalue weighted by Crippen LogP contribution is 2.31. The lowest BCUT2D eigenvalue weighted by Gasteiger charge is -2.22. The standard InChI is InChI=1S/C24H25N3O4/c1-16(24(29)30)31-19-13-11-17(12-14-19)15-25-27-22(18-7-3-2-4-8-18)26-21-10-6-5-9-20(21)23(27)28/h5-6,9-16,18H,2-4,7-8H2,1H3,(H,29,30)/t16-/m0/s1. The van der Waals surface area contributed by atoms with E-state index in [1.165, 1.54) is 18.0 Å². The summed E-state index contributed by atoms with van der Waals surface area (Å²) in [5.74, 6) is 0.370. The molecule has 0 amide bonds. The summed E-state index contributed by atoms with van der Waals surface area (Å²) in [5, 5.41) is 14.0. The highest BCUT2D eigenvalue weighted by atomic mass is 16.5. The first-order valence-electron chi connectivity index (χ1n) is 10.6. The first-order chi connectivity index (χ1) is 15.0. The zero-order valence-electron chi connectivity index (χ0n) is 17.4. The summed E-state index contributed by atoms with van der Waals surface area (Å²) >= 11 is 0. The van der Waals surface area contributed by atoms with E-state index in [1.54, 1.807) is 36.5 Å². The summed E-state index contributed by atoms with van der Waals surface area (Å²) in [5.41, 5.74) is 1.30. The summed E-state index contributed by atoms with van der Waals surface area (Å²) in [6.45, 7) is 1.48. The highest BCUT2D eigenvalue weighted by Gasteiger charge is 2.22. The van der Waals surface area contributed by atoms with Gasteiger partial charge in [-0.05, 0) is 61.7 Å². The molecule has 160 valence electrons. The van der Waals surface area contributed by atoms with Crippen LogP contribution in [0.4, 0.5) is 0 Å². The van der Waals surface area contributed by atoms with Crippen LogP contribution in [0.1, 0.15) is 56.3 Å². The monoisotopic (exact) mass is 419 g/mol. The zero-order chi connectivity index (χ0) is 21.8. The summed E-state index contributed by atoms with van der Waals surface area (Å²) in [6.07, 6.45) is 6.18. The average molecular weight is 419 g/mol. The number of ether oxygens (including phenoxy) is 1. The summed E-state index contributed by atoms with van der Waals surface area (Å²) in [7, 11) is 0. The summed E-state index contributed by atoms with van der Waals surface area (Å²) in [6, 6.07) is 14.3. The maximum Gasteiger partial charge on any atom is 0.344 e. The van der Waals surface area contributed by atoms with Crippen molar-refractivity contribution >= 4 is 23.1 Å². The van der Waals surface area contributed by atoms with E-state index < -0.39 is 12.1 Å². The molecular formula is C24H25N3O4. The highest BCUT2D eigenvalue weighted by molar-refractivity contribution is 5.80. The van der Waals surface area contributed by atoms with Gasteiger partial charge in [0.25, 0.3) is 5.56 Å². The van der Waals surface area contributed by atoms with Gasteiger partial charge in [0.1, 0.15) is 11.6 Å². The number of fused-ring (bicyclic) bond motifs is 1. The van der Waals surface area contributed by atoms with E-state index >= 15 is 0 Å². The molecule has 1 fully saturated rings. The van der Waals surface area contributed by atoms with E-state index in [1.807, 2.05) is 18.2 Å². The number of carboxylic acid groups (broad SMARTS) is 1. The normalized spacial score (nSPS) is 15.9. The van der Waals surface area contributed by atoms with Crippen LogP contribution >= 0.6 is 0 Å². The Balaban J connectivity index is 1.66. The smallest absolute Gasteiger partial charge is 0.344 e. The Morgan fingerprint density at radius 3 is 2.58 bits per heavy atom. The van der Waals surface area contributed by atoms with Crippen LogP contribution in [0.5, 0.6) is 5.75 Å². The molecule has 1 aliphatic carbocycles. The molecule has 1 heterocycles. The molecule has 0 radical (unpaired) electrons. The number of aliphatic carboxylic acids is 1. The predicted octanol–water partition coefficient (Wildman–Crippen LogP) is 4.18. The fraction of sp³-hybridized carbons (Fsp3) is 0.333. The zero-order valence-corrected chi connectivity index (χ0v) is 17.4. The average Bonchev–Trinajstić information content (AvgIpc) is 2.80. The molecule has 31 heavy (non-hydrogen) atoms. The van der Waals surface area contributed by atoms with Crippen LogP contribution in [0, 0.1) is 0 Å². The number of nitrogens with zero attached hydrogens (tertiary/aromatic N) is 3. The lowest BCUT2D eigenvalue weighted by molar-refractivity contribution is -0.144. The number of hydrogen-bond donors (Lipinski definition) is 1. The van der Waals surface area contributed by atoms with Crippen molar-refractivity contribution < 1.29 is 14.6 Å². The largest absolute Gasteiger partial charge is 0.479 e. The Morgan fingerprint density at radius 2 is 1.87 bits per heavy atom. The maximum absolute atomic E-state index is 13.2. The number of benzene rings is 2. The van der Waals surface area contributed by atoms with Crippen molar-refractivity contribution in [1.82, 2.24) is 9.66 Å². The van der Waals surface area contributed by atoms with Gasteiger partial charge in [0.2, 0.25) is 0 Å². The molecule has 1 N–H and O–H groups in total. The molecule has 7 heteroatoms. The number of rotatable bonds is 6. The fourth-order valence-electron chi connectivity index (χ4n) is 3.89. The summed E-state index contributed by atoms with van der Waals surface area (Å²) < 4.78 is 6.79. The minimum absolute atomic E-state index is 0.169. The Labute approximate surface area is 180 Å². The van der Waals surface area contributed by atoms with Crippen molar-refractivity contribution in [1.29, 1.82) is 0 Å². The van der Waals surface area contributed by atoms with Crippen molar-refractivity contribution in [3.05, 3.63) is 70.3 Å². The Hall–Kier alpha value is -3.48. The van der Waals surface area contributed by atoms with Crippen molar-refractivity contribution in [2.75, 3.05) is 0 Å². The van der Waals surface area contributed by atoms with Gasteiger partial charge in [-0.3, -0.25) is 4.79 Å². The molecule has 0 bridgehead atoms. The predicted molar refractivity (Wildman–Crippen MR) is 119 cm³/mol. The van der Waals surface area contributed by atoms with E-state index in [0.29, 0.717) is 16.7 Å². The van der Waals surface area contributed by atoms with Crippen molar-refractivity contribution in [3.8, 4) is 5.75 Å². The van der Waals surface area contributed by atoms with Crippen LogP contribution in [0.2, 0.25) is 0 Å². The minimum atomic E-state index is -1.02. The number of carbonyl (C=O) groups is 1. The number of para-hydroxylation sites is 1. The molecule has 1 aliphatic rings. The topological polar surface area (TPSA) is 93.8 Å². The van der Waals surface area contributed by atoms with E-state index in [9.17, 15) is 9.59 Å². The van der Waals surface area contributed by atoms with Crippen LogP contribution in [0.3, 0.4) is 0 Å². The van der Waals surface area contributed by atoms with E-state index in [-0.39, 0.29) is 11.5 Å². The van der Waals surface area contributed by atoms with E-state index in [4.69, 9.17) is 14.8 Å². The number of carboxylic acids is 1. The third-order valence-corrected chi connectivity index (χ3v) is 5.61. The van der Waals surface area contributed by atoms with Gasteiger partial charge in [0, 0.05) is 5.92 Å². The van der Waals surface area contributed by atoms with Gasteiger partial charge in [-0.15, -0.1) is 0 Å². The van der Waals surface area contributed by atoms with Gasteiger partial charge in [0.15, 0.2) is 6.10 Å². The molecule has 4 rings (SSSR count). The van der Waals surface area contributed by atoms with Gasteiger partial charge in [-0.1, -0.05) is 31.4 Å². The van der Waals surface area contributed by atoms with Crippen LogP contribution in [-0.2, 0) is 4.79 Å². The molecule has 2 aromatic carbocycles. The molecule has 1 saturated carbocycles. The molecule has 1 atom stereocenters. The van der Waals surface area contributed by atoms with Crippen LogP contribution in [-0.4, -0.2) is 33.1 Å². The van der Waals surface area contributed by atoms with Crippen molar-refractivity contribution in [3.63, 3.8) is 0 Å². The lowest BCUT2D eigenvalue weighted by Crippen LogP contribution is -2.25. The van der Waals surface area contributed by atoms with Crippen molar-refractivity contribution in [2.45, 2.75) is 51.0 Å². The second kappa shape index (κ2) is 9.12. The van der Waals surface area contributed by atoms with Gasteiger partial charge in [0.05, 0.1) is 17.1 Å².